The number of hydrogen-bond acceptors (Lipinski definition) is 3. The molecule has 106 valence electrons. The highest BCUT2D eigenvalue weighted by molar-refractivity contribution is 5.30. The Hall–Kier alpha value is -1.65. The summed E-state index contributed by atoms with van der Waals surface area (Å²) in [6.07, 6.45) is 4.48. The second kappa shape index (κ2) is 6.20. The minimum absolute atomic E-state index is 0.716. The molecule has 4 nitrogen and oxygen atoms in total. The van der Waals surface area contributed by atoms with Gasteiger partial charge in [-0.1, -0.05) is 18.2 Å². The number of benzene rings is 1. The van der Waals surface area contributed by atoms with Crippen LogP contribution >= 0.6 is 0 Å². The van der Waals surface area contributed by atoms with Gasteiger partial charge in [0.1, 0.15) is 0 Å². The minimum atomic E-state index is 0.716. The number of hydrogen-bond donors (Lipinski definition) is 1. The molecule has 2 N–H and O–H groups in total. The van der Waals surface area contributed by atoms with Crippen molar-refractivity contribution in [2.24, 2.45) is 11.7 Å². The molecule has 0 amide bonds. The van der Waals surface area contributed by atoms with Gasteiger partial charge in [-0.3, -0.25) is 4.90 Å². The van der Waals surface area contributed by atoms with Crippen LogP contribution < -0.4 is 5.73 Å². The molecule has 20 heavy (non-hydrogen) atoms. The standard InChI is InChI=1S/C16H22N4/c17-12-14-6-9-19(10-7-14)13-15-8-11-20(18-15)16-4-2-1-3-5-16/h1-5,8,11,14H,6-7,9-10,12-13,17H2. The number of nitrogens with two attached hydrogens (primary N) is 1. The maximum Gasteiger partial charge on any atom is 0.0769 e. The van der Waals surface area contributed by atoms with Gasteiger partial charge in [-0.25, -0.2) is 4.68 Å². The summed E-state index contributed by atoms with van der Waals surface area (Å²) in [6, 6.07) is 12.4. The Balaban J connectivity index is 1.61. The van der Waals surface area contributed by atoms with Crippen LogP contribution in [0.4, 0.5) is 0 Å². The maximum atomic E-state index is 5.73. The van der Waals surface area contributed by atoms with Crippen LogP contribution in [0.5, 0.6) is 0 Å². The largest absolute Gasteiger partial charge is 0.330 e. The van der Waals surface area contributed by atoms with E-state index in [9.17, 15) is 0 Å². The van der Waals surface area contributed by atoms with Crippen molar-refractivity contribution < 1.29 is 0 Å². The molecule has 4 heteroatoms. The molecule has 1 aromatic carbocycles. The van der Waals surface area contributed by atoms with Gasteiger partial charge in [0.2, 0.25) is 0 Å². The first-order valence-corrected chi connectivity index (χ1v) is 7.37. The molecule has 2 heterocycles. The summed E-state index contributed by atoms with van der Waals surface area (Å²) in [5.74, 6) is 0.716. The van der Waals surface area contributed by atoms with Crippen LogP contribution in [-0.2, 0) is 6.54 Å². The average Bonchev–Trinajstić information content (AvgIpc) is 2.97. The number of para-hydroxylation sites is 1. The first-order chi connectivity index (χ1) is 9.85. The van der Waals surface area contributed by atoms with Crippen molar-refractivity contribution in [3.63, 3.8) is 0 Å². The fourth-order valence-electron chi connectivity index (χ4n) is 2.78. The topological polar surface area (TPSA) is 47.1 Å². The molecule has 3 rings (SSSR count). The Kier molecular flexibility index (Phi) is 4.14. The predicted molar refractivity (Wildman–Crippen MR) is 80.6 cm³/mol. The Morgan fingerprint density at radius 3 is 2.55 bits per heavy atom. The lowest BCUT2D eigenvalue weighted by Crippen LogP contribution is -2.35. The Morgan fingerprint density at radius 2 is 1.85 bits per heavy atom. The molecular formula is C16H22N4. The summed E-state index contributed by atoms with van der Waals surface area (Å²) in [5, 5.41) is 4.66. The Bertz CT molecular complexity index is 526. The molecule has 0 unspecified atom stereocenters. The number of piperidine rings is 1. The first kappa shape index (κ1) is 13.3. The molecule has 1 aliphatic heterocycles. The highest BCUT2D eigenvalue weighted by Crippen LogP contribution is 2.17. The molecule has 0 atom stereocenters. The van der Waals surface area contributed by atoms with Crippen molar-refractivity contribution in [2.75, 3.05) is 19.6 Å². The summed E-state index contributed by atoms with van der Waals surface area (Å²) < 4.78 is 1.95. The quantitative estimate of drug-likeness (QED) is 0.925. The molecule has 1 saturated heterocycles. The van der Waals surface area contributed by atoms with E-state index in [1.165, 1.54) is 12.8 Å². The van der Waals surface area contributed by atoms with Gasteiger partial charge in [0.25, 0.3) is 0 Å². The second-order valence-electron chi connectivity index (χ2n) is 5.54. The van der Waals surface area contributed by atoms with Crippen LogP contribution in [0.1, 0.15) is 18.5 Å². The van der Waals surface area contributed by atoms with Crippen molar-refractivity contribution >= 4 is 0 Å². The molecule has 0 radical (unpaired) electrons. The minimum Gasteiger partial charge on any atom is -0.330 e. The maximum absolute atomic E-state index is 5.73. The van der Waals surface area contributed by atoms with Crippen molar-refractivity contribution in [2.45, 2.75) is 19.4 Å². The van der Waals surface area contributed by atoms with Gasteiger partial charge in [-0.2, -0.15) is 5.10 Å². The van der Waals surface area contributed by atoms with Crippen LogP contribution in [0, 0.1) is 5.92 Å². The van der Waals surface area contributed by atoms with E-state index in [1.54, 1.807) is 0 Å². The van der Waals surface area contributed by atoms with E-state index < -0.39 is 0 Å². The monoisotopic (exact) mass is 270 g/mol. The number of nitrogens with zero attached hydrogens (tertiary/aromatic N) is 3. The molecule has 1 aliphatic rings. The van der Waals surface area contributed by atoms with Crippen molar-refractivity contribution in [1.29, 1.82) is 0 Å². The van der Waals surface area contributed by atoms with Gasteiger partial charge < -0.3 is 5.73 Å². The van der Waals surface area contributed by atoms with Crippen molar-refractivity contribution in [3.8, 4) is 5.69 Å². The van der Waals surface area contributed by atoms with Crippen LogP contribution in [0.25, 0.3) is 5.69 Å². The average molecular weight is 270 g/mol. The normalized spacial score (nSPS) is 17.4. The summed E-state index contributed by atoms with van der Waals surface area (Å²) in [7, 11) is 0. The molecule has 0 saturated carbocycles. The molecule has 1 aromatic heterocycles. The van der Waals surface area contributed by atoms with E-state index in [4.69, 9.17) is 5.73 Å². The fraction of sp³-hybridized carbons (Fsp3) is 0.438. The highest BCUT2D eigenvalue weighted by Gasteiger charge is 2.18. The van der Waals surface area contributed by atoms with E-state index >= 15 is 0 Å². The summed E-state index contributed by atoms with van der Waals surface area (Å²) in [6.45, 7) is 4.05. The zero-order valence-electron chi connectivity index (χ0n) is 11.8. The Morgan fingerprint density at radius 1 is 1.10 bits per heavy atom. The van der Waals surface area contributed by atoms with Crippen molar-refractivity contribution in [3.05, 3.63) is 48.3 Å². The third kappa shape index (κ3) is 3.08. The molecule has 2 aromatic rings. The van der Waals surface area contributed by atoms with E-state index in [1.807, 2.05) is 29.1 Å². The molecule has 0 aliphatic carbocycles. The van der Waals surface area contributed by atoms with Gasteiger partial charge in [0.05, 0.1) is 11.4 Å². The summed E-state index contributed by atoms with van der Waals surface area (Å²) in [4.78, 5) is 2.48. The van der Waals surface area contributed by atoms with Gasteiger partial charge >= 0.3 is 0 Å². The zero-order valence-corrected chi connectivity index (χ0v) is 11.8. The fourth-order valence-corrected chi connectivity index (χ4v) is 2.78. The van der Waals surface area contributed by atoms with Crippen LogP contribution in [-0.4, -0.2) is 34.3 Å². The third-order valence-corrected chi connectivity index (χ3v) is 4.09. The lowest BCUT2D eigenvalue weighted by molar-refractivity contribution is 0.178. The van der Waals surface area contributed by atoms with Gasteiger partial charge in [-0.15, -0.1) is 0 Å². The zero-order chi connectivity index (χ0) is 13.8. The number of aromatic nitrogens is 2. The predicted octanol–water partition coefficient (Wildman–Crippen LogP) is 2.04. The lowest BCUT2D eigenvalue weighted by atomic mass is 9.97. The van der Waals surface area contributed by atoms with Crippen LogP contribution in [0.2, 0.25) is 0 Å². The van der Waals surface area contributed by atoms with E-state index in [0.717, 1.165) is 37.6 Å². The summed E-state index contributed by atoms with van der Waals surface area (Å²) >= 11 is 0. The molecular weight excluding hydrogens is 248 g/mol. The first-order valence-electron chi connectivity index (χ1n) is 7.37. The van der Waals surface area contributed by atoms with Crippen LogP contribution in [0.15, 0.2) is 42.6 Å². The highest BCUT2D eigenvalue weighted by atomic mass is 15.3. The lowest BCUT2D eigenvalue weighted by Gasteiger charge is -2.30. The SMILES string of the molecule is NCC1CCN(Cc2ccn(-c3ccccc3)n2)CC1. The van der Waals surface area contributed by atoms with Gasteiger partial charge in [0, 0.05) is 12.7 Å². The van der Waals surface area contributed by atoms with E-state index in [0.29, 0.717) is 5.92 Å². The van der Waals surface area contributed by atoms with Gasteiger partial charge in [0.15, 0.2) is 0 Å². The van der Waals surface area contributed by atoms with E-state index in [-0.39, 0.29) is 0 Å². The number of likely N-dealkylation sites (tertiary alicyclic amines) is 1. The number of rotatable bonds is 4. The molecule has 0 spiro atoms. The molecule has 0 bridgehead atoms. The van der Waals surface area contributed by atoms with Crippen molar-refractivity contribution in [1.82, 2.24) is 14.7 Å². The third-order valence-electron chi connectivity index (χ3n) is 4.09. The Labute approximate surface area is 120 Å². The van der Waals surface area contributed by atoms with Crippen LogP contribution in [0.3, 0.4) is 0 Å². The van der Waals surface area contributed by atoms with E-state index in [2.05, 4.69) is 28.2 Å². The van der Waals surface area contributed by atoms with Gasteiger partial charge in [-0.05, 0) is 56.6 Å². The smallest absolute Gasteiger partial charge is 0.0769 e. The molecule has 1 fully saturated rings. The second-order valence-corrected chi connectivity index (χ2v) is 5.54. The summed E-state index contributed by atoms with van der Waals surface area (Å²) in [5.41, 5.74) is 7.99.